The lowest BCUT2D eigenvalue weighted by Crippen LogP contribution is -2.35. The number of carbonyl (C=O) groups excluding carboxylic acids is 2. The second kappa shape index (κ2) is 6.36. The Morgan fingerprint density at radius 1 is 1.30 bits per heavy atom. The first-order chi connectivity index (χ1) is 11.1. The summed E-state index contributed by atoms with van der Waals surface area (Å²) in [4.78, 5) is 28.8. The highest BCUT2D eigenvalue weighted by Gasteiger charge is 2.24. The van der Waals surface area contributed by atoms with Gasteiger partial charge >= 0.3 is 5.97 Å². The molecule has 1 aromatic heterocycles. The summed E-state index contributed by atoms with van der Waals surface area (Å²) in [6.07, 6.45) is 2.98. The van der Waals surface area contributed by atoms with Crippen molar-refractivity contribution < 1.29 is 14.3 Å². The Morgan fingerprint density at radius 3 is 2.87 bits per heavy atom. The third kappa shape index (κ3) is 3.04. The molecule has 0 bridgehead atoms. The van der Waals surface area contributed by atoms with Gasteiger partial charge in [0.05, 0.1) is 24.6 Å². The van der Waals surface area contributed by atoms with Crippen LogP contribution in [0.2, 0.25) is 0 Å². The van der Waals surface area contributed by atoms with E-state index in [1.807, 2.05) is 24.3 Å². The number of rotatable bonds is 4. The van der Waals surface area contributed by atoms with Gasteiger partial charge in [0.2, 0.25) is 0 Å². The maximum Gasteiger partial charge on any atom is 0.307 e. The van der Waals surface area contributed by atoms with E-state index in [9.17, 15) is 9.59 Å². The number of fused-ring (bicyclic) bond motifs is 2. The molecule has 1 aromatic carbocycles. The number of hydrogen-bond donors (Lipinski definition) is 1. The molecule has 0 radical (unpaired) electrons. The lowest BCUT2D eigenvalue weighted by molar-refractivity contribution is -0.141. The second-order valence-electron chi connectivity index (χ2n) is 5.94. The Morgan fingerprint density at radius 2 is 2.09 bits per heavy atom. The molecule has 1 aliphatic rings. The molecule has 23 heavy (non-hydrogen) atoms. The molecular formula is C18H20N2O3. The molecule has 1 atom stereocenters. The molecule has 5 nitrogen and oxygen atoms in total. The van der Waals surface area contributed by atoms with Crippen molar-refractivity contribution >= 4 is 22.8 Å². The summed E-state index contributed by atoms with van der Waals surface area (Å²) in [5.41, 5.74) is 3.62. The van der Waals surface area contributed by atoms with Crippen LogP contribution in [0.1, 0.15) is 41.4 Å². The quantitative estimate of drug-likeness (QED) is 0.880. The Bertz CT molecular complexity index is 770. The van der Waals surface area contributed by atoms with Gasteiger partial charge in [-0.2, -0.15) is 0 Å². The number of hydrogen-bond acceptors (Lipinski definition) is 4. The van der Waals surface area contributed by atoms with Crippen molar-refractivity contribution in [1.82, 2.24) is 10.3 Å². The summed E-state index contributed by atoms with van der Waals surface area (Å²) in [5.74, 6) is -0.472. The third-order valence-corrected chi connectivity index (χ3v) is 4.22. The highest BCUT2D eigenvalue weighted by molar-refractivity contribution is 6.08. The van der Waals surface area contributed by atoms with Crippen LogP contribution in [0.5, 0.6) is 0 Å². The Balaban J connectivity index is 1.95. The van der Waals surface area contributed by atoms with E-state index in [-0.39, 0.29) is 24.3 Å². The van der Waals surface area contributed by atoms with Crippen LogP contribution in [0.3, 0.4) is 0 Å². The van der Waals surface area contributed by atoms with E-state index in [1.165, 1.54) is 7.11 Å². The number of para-hydroxylation sites is 1. The number of pyridine rings is 1. The molecule has 1 aliphatic carbocycles. The van der Waals surface area contributed by atoms with E-state index in [1.54, 1.807) is 6.92 Å². The maximum atomic E-state index is 12.8. The van der Waals surface area contributed by atoms with Crippen molar-refractivity contribution in [2.45, 2.75) is 38.6 Å². The second-order valence-corrected chi connectivity index (χ2v) is 5.94. The number of amides is 1. The molecule has 0 aliphatic heterocycles. The van der Waals surface area contributed by atoms with Crippen LogP contribution in [-0.4, -0.2) is 30.0 Å². The van der Waals surface area contributed by atoms with Crippen molar-refractivity contribution in [2.75, 3.05) is 7.11 Å². The number of esters is 1. The van der Waals surface area contributed by atoms with E-state index in [4.69, 9.17) is 0 Å². The predicted molar refractivity (Wildman–Crippen MR) is 87.3 cm³/mol. The summed E-state index contributed by atoms with van der Waals surface area (Å²) in [6, 6.07) is 7.43. The maximum absolute atomic E-state index is 12.8. The Kier molecular flexibility index (Phi) is 4.28. The van der Waals surface area contributed by atoms with Gasteiger partial charge in [-0.15, -0.1) is 0 Å². The molecule has 0 saturated heterocycles. The molecule has 5 heteroatoms. The highest BCUT2D eigenvalue weighted by atomic mass is 16.5. The molecule has 3 rings (SSSR count). The molecular weight excluding hydrogens is 292 g/mol. The molecule has 1 amide bonds. The number of carbonyl (C=O) groups is 2. The minimum Gasteiger partial charge on any atom is -0.469 e. The molecule has 1 unspecified atom stereocenters. The van der Waals surface area contributed by atoms with Crippen molar-refractivity contribution in [2.24, 2.45) is 0 Å². The predicted octanol–water partition coefficient (Wildman–Crippen LogP) is 2.40. The van der Waals surface area contributed by atoms with Gasteiger partial charge in [0.25, 0.3) is 5.91 Å². The number of methoxy groups -OCH3 is 1. The molecule has 0 fully saturated rings. The smallest absolute Gasteiger partial charge is 0.307 e. The summed E-state index contributed by atoms with van der Waals surface area (Å²) in [7, 11) is 1.35. The van der Waals surface area contributed by atoms with E-state index in [0.29, 0.717) is 5.56 Å². The topological polar surface area (TPSA) is 68.3 Å². The summed E-state index contributed by atoms with van der Waals surface area (Å²) in [5, 5.41) is 3.79. The zero-order valence-corrected chi connectivity index (χ0v) is 13.4. The molecule has 120 valence electrons. The summed E-state index contributed by atoms with van der Waals surface area (Å²) in [6.45, 7) is 1.80. The summed E-state index contributed by atoms with van der Waals surface area (Å²) < 4.78 is 4.65. The van der Waals surface area contributed by atoms with E-state index >= 15 is 0 Å². The standard InChI is InChI=1S/C18H20N2O3/c1-11(10-16(21)23-2)19-18(22)17-12-6-3-4-8-14(12)20-15-9-5-7-13(15)17/h3-4,6,8,11H,5,7,9-10H2,1-2H3,(H,19,22). The number of aryl methyl sites for hydroxylation is 1. The van der Waals surface area contributed by atoms with Crippen LogP contribution in [-0.2, 0) is 22.4 Å². The fraction of sp³-hybridized carbons (Fsp3) is 0.389. The van der Waals surface area contributed by atoms with Crippen molar-refractivity contribution in [3.05, 3.63) is 41.1 Å². The van der Waals surface area contributed by atoms with Crippen LogP contribution in [0.4, 0.5) is 0 Å². The molecule has 1 N–H and O–H groups in total. The minimum atomic E-state index is -0.331. The molecule has 2 aromatic rings. The van der Waals surface area contributed by atoms with Gasteiger partial charge in [0.1, 0.15) is 0 Å². The lowest BCUT2D eigenvalue weighted by Gasteiger charge is -2.16. The van der Waals surface area contributed by atoms with E-state index < -0.39 is 0 Å². The van der Waals surface area contributed by atoms with Gasteiger partial charge in [-0.25, -0.2) is 0 Å². The van der Waals surface area contributed by atoms with Crippen molar-refractivity contribution in [1.29, 1.82) is 0 Å². The zero-order chi connectivity index (χ0) is 16.4. The Labute approximate surface area is 135 Å². The monoisotopic (exact) mass is 312 g/mol. The van der Waals surface area contributed by atoms with Crippen LogP contribution in [0.15, 0.2) is 24.3 Å². The van der Waals surface area contributed by atoms with Gasteiger partial charge in [0.15, 0.2) is 0 Å². The highest BCUT2D eigenvalue weighted by Crippen LogP contribution is 2.29. The lowest BCUT2D eigenvalue weighted by atomic mass is 10.00. The van der Waals surface area contributed by atoms with Crippen LogP contribution in [0.25, 0.3) is 10.9 Å². The average molecular weight is 312 g/mol. The largest absolute Gasteiger partial charge is 0.469 e. The van der Waals surface area contributed by atoms with Crippen molar-refractivity contribution in [3.63, 3.8) is 0 Å². The zero-order valence-electron chi connectivity index (χ0n) is 13.4. The first-order valence-corrected chi connectivity index (χ1v) is 7.88. The third-order valence-electron chi connectivity index (χ3n) is 4.22. The van der Waals surface area contributed by atoms with E-state index in [0.717, 1.165) is 41.4 Å². The van der Waals surface area contributed by atoms with E-state index in [2.05, 4.69) is 15.0 Å². The van der Waals surface area contributed by atoms with Gasteiger partial charge in [-0.05, 0) is 37.8 Å². The van der Waals surface area contributed by atoms with Gasteiger partial charge in [-0.3, -0.25) is 14.6 Å². The van der Waals surface area contributed by atoms with Gasteiger partial charge in [0, 0.05) is 17.1 Å². The average Bonchev–Trinajstić information content (AvgIpc) is 2.99. The number of nitrogens with one attached hydrogen (secondary N) is 1. The van der Waals surface area contributed by atoms with Crippen molar-refractivity contribution in [3.8, 4) is 0 Å². The summed E-state index contributed by atoms with van der Waals surface area (Å²) >= 11 is 0. The van der Waals surface area contributed by atoms with Crippen LogP contribution in [0, 0.1) is 0 Å². The fourth-order valence-electron chi connectivity index (χ4n) is 3.15. The number of aromatic nitrogens is 1. The number of benzene rings is 1. The first kappa shape index (κ1) is 15.5. The van der Waals surface area contributed by atoms with Gasteiger partial charge in [-0.1, -0.05) is 18.2 Å². The Hall–Kier alpha value is -2.43. The normalized spacial score (nSPS) is 14.3. The van der Waals surface area contributed by atoms with Gasteiger partial charge < -0.3 is 10.1 Å². The molecule has 1 heterocycles. The number of nitrogens with zero attached hydrogens (tertiary/aromatic N) is 1. The first-order valence-electron chi connectivity index (χ1n) is 7.88. The molecule has 0 spiro atoms. The van der Waals surface area contributed by atoms with Crippen LogP contribution >= 0.6 is 0 Å². The SMILES string of the molecule is COC(=O)CC(C)NC(=O)c1c2c(nc3ccccc13)CCC2. The minimum absolute atomic E-state index is 0.141. The molecule has 0 saturated carbocycles. The fourth-order valence-corrected chi connectivity index (χ4v) is 3.15. The number of ether oxygens (including phenoxy) is 1. The van der Waals surface area contributed by atoms with Crippen LogP contribution < -0.4 is 5.32 Å².